The van der Waals surface area contributed by atoms with Crippen LogP contribution < -0.4 is 4.90 Å². The lowest BCUT2D eigenvalue weighted by atomic mass is 9.77. The fraction of sp³-hybridized carbons (Fsp3) is 0.444. The molecule has 2 unspecified atom stereocenters. The third kappa shape index (κ3) is 6.44. The van der Waals surface area contributed by atoms with Gasteiger partial charge in [0, 0.05) is 5.02 Å². The van der Waals surface area contributed by atoms with E-state index in [0.29, 0.717) is 19.1 Å². The number of halogens is 1. The molecule has 0 spiro atoms. The lowest BCUT2D eigenvalue weighted by Gasteiger charge is -2.28. The van der Waals surface area contributed by atoms with Crippen LogP contribution in [0.3, 0.4) is 0 Å². The molecule has 0 amide bonds. The van der Waals surface area contributed by atoms with Gasteiger partial charge in [-0.05, 0) is 42.0 Å². The van der Waals surface area contributed by atoms with Crippen LogP contribution >= 0.6 is 11.6 Å². The Balaban J connectivity index is 1.31. The van der Waals surface area contributed by atoms with Gasteiger partial charge in [0.15, 0.2) is 5.76 Å². The fourth-order valence-corrected chi connectivity index (χ4v) is 4.82. The van der Waals surface area contributed by atoms with Crippen LogP contribution in [0.2, 0.25) is 5.02 Å². The normalized spacial score (nSPS) is 16.7. The SMILES string of the molecule is C[NH+](CCOCc1ccc(Cl)cc1)Cc1cnc(C(c2ccccc2)C2CCCCC2)o1. The van der Waals surface area contributed by atoms with Crippen LogP contribution in [0.4, 0.5) is 0 Å². The summed E-state index contributed by atoms with van der Waals surface area (Å²) < 4.78 is 12.2. The molecule has 0 saturated heterocycles. The number of likely N-dealkylation sites (N-methyl/N-ethyl adjacent to an activating group) is 1. The third-order valence-corrected chi connectivity index (χ3v) is 6.70. The van der Waals surface area contributed by atoms with Crippen molar-refractivity contribution in [3.63, 3.8) is 0 Å². The van der Waals surface area contributed by atoms with E-state index in [1.165, 1.54) is 42.6 Å². The molecule has 170 valence electrons. The van der Waals surface area contributed by atoms with E-state index < -0.39 is 0 Å². The minimum absolute atomic E-state index is 0.258. The quantitative estimate of drug-likeness (QED) is 0.425. The lowest BCUT2D eigenvalue weighted by molar-refractivity contribution is -0.895. The summed E-state index contributed by atoms with van der Waals surface area (Å²) in [6, 6.07) is 18.6. The van der Waals surface area contributed by atoms with Gasteiger partial charge in [0.2, 0.25) is 5.89 Å². The first-order chi connectivity index (χ1) is 15.7. The predicted molar refractivity (Wildman–Crippen MR) is 128 cm³/mol. The molecule has 1 fully saturated rings. The highest BCUT2D eigenvalue weighted by atomic mass is 35.5. The van der Waals surface area contributed by atoms with E-state index >= 15 is 0 Å². The molecule has 0 radical (unpaired) electrons. The number of quaternary nitrogens is 1. The average molecular weight is 454 g/mol. The number of ether oxygens (including phenoxy) is 1. The Hall–Kier alpha value is -2.14. The molecule has 0 bridgehead atoms. The van der Waals surface area contributed by atoms with E-state index in [0.717, 1.165) is 35.3 Å². The van der Waals surface area contributed by atoms with Gasteiger partial charge < -0.3 is 14.1 Å². The molecule has 1 heterocycles. The first-order valence-electron chi connectivity index (χ1n) is 11.8. The van der Waals surface area contributed by atoms with Crippen molar-refractivity contribution in [1.29, 1.82) is 0 Å². The number of hydrogen-bond donors (Lipinski definition) is 1. The van der Waals surface area contributed by atoms with E-state index in [4.69, 9.17) is 25.7 Å². The Morgan fingerprint density at radius 1 is 1.06 bits per heavy atom. The van der Waals surface area contributed by atoms with Gasteiger partial charge in [-0.2, -0.15) is 0 Å². The molecule has 3 aromatic rings. The van der Waals surface area contributed by atoms with Crippen LogP contribution in [0.5, 0.6) is 0 Å². The number of nitrogens with zero attached hydrogens (tertiary/aromatic N) is 1. The maximum Gasteiger partial charge on any atom is 0.202 e. The lowest BCUT2D eigenvalue weighted by Crippen LogP contribution is -3.08. The van der Waals surface area contributed by atoms with Gasteiger partial charge in [0.1, 0.15) is 13.1 Å². The molecule has 1 saturated carbocycles. The summed E-state index contributed by atoms with van der Waals surface area (Å²) in [7, 11) is 2.17. The maximum atomic E-state index is 6.33. The summed E-state index contributed by atoms with van der Waals surface area (Å²) in [5.74, 6) is 2.70. The number of oxazole rings is 1. The number of hydrogen-bond acceptors (Lipinski definition) is 3. The zero-order valence-corrected chi connectivity index (χ0v) is 19.7. The van der Waals surface area contributed by atoms with Gasteiger partial charge in [0.05, 0.1) is 32.4 Å². The molecule has 1 N–H and O–H groups in total. The number of rotatable bonds is 10. The van der Waals surface area contributed by atoms with Crippen molar-refractivity contribution >= 4 is 11.6 Å². The molecule has 2 aromatic carbocycles. The van der Waals surface area contributed by atoms with Crippen LogP contribution in [-0.2, 0) is 17.9 Å². The van der Waals surface area contributed by atoms with Crippen molar-refractivity contribution in [3.05, 3.63) is 88.6 Å². The molecule has 0 aliphatic heterocycles. The highest BCUT2D eigenvalue weighted by molar-refractivity contribution is 6.30. The first kappa shape index (κ1) is 23.0. The summed E-state index contributed by atoms with van der Waals surface area (Å²) >= 11 is 5.93. The van der Waals surface area contributed by atoms with E-state index in [-0.39, 0.29) is 5.92 Å². The standard InChI is InChI=1S/C27H33ClN2O2/c1-30(16-17-31-20-21-12-14-24(28)15-13-21)19-25-18-29-27(32-25)26(22-8-4-2-5-9-22)23-10-6-3-7-11-23/h2,4-5,8-9,12-15,18,23,26H,3,6-7,10-11,16-17,19-20H2,1H3/p+1. The van der Waals surface area contributed by atoms with Gasteiger partial charge in [-0.15, -0.1) is 0 Å². The van der Waals surface area contributed by atoms with Crippen LogP contribution in [-0.4, -0.2) is 25.2 Å². The monoisotopic (exact) mass is 453 g/mol. The zero-order chi connectivity index (χ0) is 22.2. The summed E-state index contributed by atoms with van der Waals surface area (Å²) in [4.78, 5) is 6.09. The second kappa shape index (κ2) is 11.6. The highest BCUT2D eigenvalue weighted by Crippen LogP contribution is 2.40. The minimum atomic E-state index is 0.258. The topological polar surface area (TPSA) is 39.7 Å². The highest BCUT2D eigenvalue weighted by Gasteiger charge is 2.30. The Labute approximate surface area is 196 Å². The van der Waals surface area contributed by atoms with E-state index in [2.05, 4.69) is 37.4 Å². The number of nitrogens with one attached hydrogen (secondary N) is 1. The molecule has 4 nitrogen and oxygen atoms in total. The second-order valence-electron chi connectivity index (χ2n) is 9.01. The Bertz CT molecular complexity index is 936. The first-order valence-corrected chi connectivity index (χ1v) is 12.2. The summed E-state index contributed by atoms with van der Waals surface area (Å²) in [6.07, 6.45) is 8.41. The van der Waals surface area contributed by atoms with Crippen LogP contribution in [0, 0.1) is 5.92 Å². The zero-order valence-electron chi connectivity index (χ0n) is 18.9. The predicted octanol–water partition coefficient (Wildman–Crippen LogP) is 5.27. The largest absolute Gasteiger partial charge is 0.439 e. The molecular weight excluding hydrogens is 420 g/mol. The van der Waals surface area contributed by atoms with Crippen molar-refractivity contribution in [3.8, 4) is 0 Å². The van der Waals surface area contributed by atoms with E-state index in [1.807, 2.05) is 30.5 Å². The van der Waals surface area contributed by atoms with Crippen LogP contribution in [0.25, 0.3) is 0 Å². The average Bonchev–Trinajstić information content (AvgIpc) is 3.27. The van der Waals surface area contributed by atoms with Gasteiger partial charge in [-0.25, -0.2) is 4.98 Å². The second-order valence-corrected chi connectivity index (χ2v) is 9.45. The molecular formula is C27H34ClN2O2+. The van der Waals surface area contributed by atoms with Crippen molar-refractivity contribution in [2.75, 3.05) is 20.2 Å². The van der Waals surface area contributed by atoms with Gasteiger partial charge in [-0.1, -0.05) is 73.3 Å². The van der Waals surface area contributed by atoms with Gasteiger partial charge >= 0.3 is 0 Å². The minimum Gasteiger partial charge on any atom is -0.439 e. The van der Waals surface area contributed by atoms with E-state index in [1.54, 1.807) is 0 Å². The van der Waals surface area contributed by atoms with Crippen molar-refractivity contribution < 1.29 is 14.1 Å². The van der Waals surface area contributed by atoms with Gasteiger partial charge in [-0.3, -0.25) is 0 Å². The van der Waals surface area contributed by atoms with Crippen molar-refractivity contribution in [1.82, 2.24) is 4.98 Å². The fourth-order valence-electron chi connectivity index (χ4n) is 4.70. The number of benzene rings is 2. The van der Waals surface area contributed by atoms with Crippen molar-refractivity contribution in [2.45, 2.75) is 51.2 Å². The van der Waals surface area contributed by atoms with Crippen LogP contribution in [0.15, 0.2) is 65.2 Å². The molecule has 1 aliphatic carbocycles. The summed E-state index contributed by atoms with van der Waals surface area (Å²) in [5.41, 5.74) is 2.46. The maximum absolute atomic E-state index is 6.33. The third-order valence-electron chi connectivity index (χ3n) is 6.45. The summed E-state index contributed by atoms with van der Waals surface area (Å²) in [6.45, 7) is 3.03. The Morgan fingerprint density at radius 2 is 1.81 bits per heavy atom. The van der Waals surface area contributed by atoms with Crippen molar-refractivity contribution in [2.24, 2.45) is 5.92 Å². The Morgan fingerprint density at radius 3 is 2.56 bits per heavy atom. The summed E-state index contributed by atoms with van der Waals surface area (Å²) in [5, 5.41) is 0.752. The Kier molecular flexibility index (Phi) is 8.38. The molecule has 1 aliphatic rings. The molecule has 1 aromatic heterocycles. The molecule has 2 atom stereocenters. The molecule has 4 rings (SSSR count). The van der Waals surface area contributed by atoms with Gasteiger partial charge in [0.25, 0.3) is 0 Å². The number of aromatic nitrogens is 1. The van der Waals surface area contributed by atoms with Crippen LogP contribution in [0.1, 0.15) is 60.8 Å². The van der Waals surface area contributed by atoms with E-state index in [9.17, 15) is 0 Å². The molecule has 5 heteroatoms. The smallest absolute Gasteiger partial charge is 0.202 e. The molecule has 32 heavy (non-hydrogen) atoms.